The summed E-state index contributed by atoms with van der Waals surface area (Å²) in [7, 11) is 0. The van der Waals surface area contributed by atoms with Gasteiger partial charge in [0.25, 0.3) is 0 Å². The van der Waals surface area contributed by atoms with Crippen molar-refractivity contribution in [2.75, 3.05) is 4.31 Å². The second kappa shape index (κ2) is 8.97. The molecule has 30 heavy (non-hydrogen) atoms. The van der Waals surface area contributed by atoms with Gasteiger partial charge < -0.3 is 5.11 Å². The van der Waals surface area contributed by atoms with Crippen molar-refractivity contribution >= 4 is 35.3 Å². The Hall–Kier alpha value is -2.71. The number of aryl methyl sites for hydroxylation is 1. The number of pyridine rings is 1. The normalized spacial score (nSPS) is 11.4. The van der Waals surface area contributed by atoms with Crippen LogP contribution in [0.1, 0.15) is 27.0 Å². The maximum Gasteiger partial charge on any atom is 0.417 e. The van der Waals surface area contributed by atoms with Crippen LogP contribution in [0, 0.1) is 6.92 Å². The van der Waals surface area contributed by atoms with Crippen LogP contribution in [0.4, 0.5) is 19.0 Å². The minimum absolute atomic E-state index is 0.133. The van der Waals surface area contributed by atoms with Crippen molar-refractivity contribution in [3.8, 4) is 0 Å². The smallest absolute Gasteiger partial charge is 0.417 e. The van der Waals surface area contributed by atoms with Gasteiger partial charge in [-0.1, -0.05) is 41.4 Å². The van der Waals surface area contributed by atoms with Crippen molar-refractivity contribution in [3.63, 3.8) is 0 Å². The first kappa shape index (κ1) is 22.0. The van der Waals surface area contributed by atoms with Crippen LogP contribution in [0.15, 0.2) is 65.7 Å². The summed E-state index contributed by atoms with van der Waals surface area (Å²) in [4.78, 5) is 15.7. The number of carboxylic acid groups (broad SMARTS) is 1. The summed E-state index contributed by atoms with van der Waals surface area (Å²) in [6.45, 7) is 2.28. The number of rotatable bonds is 6. The first-order valence-electron chi connectivity index (χ1n) is 8.70. The van der Waals surface area contributed by atoms with E-state index in [4.69, 9.17) is 16.7 Å². The van der Waals surface area contributed by atoms with Gasteiger partial charge in [0.15, 0.2) is 5.82 Å². The number of alkyl halides is 3. The molecular weight excluding hydrogens is 437 g/mol. The highest BCUT2D eigenvalue weighted by atomic mass is 35.5. The number of aromatic carboxylic acids is 1. The van der Waals surface area contributed by atoms with Gasteiger partial charge in [-0.2, -0.15) is 13.2 Å². The summed E-state index contributed by atoms with van der Waals surface area (Å²) in [6, 6.07) is 14.7. The summed E-state index contributed by atoms with van der Waals surface area (Å²) >= 11 is 7.36. The number of carbonyl (C=O) groups is 1. The van der Waals surface area contributed by atoms with E-state index in [1.54, 1.807) is 16.4 Å². The van der Waals surface area contributed by atoms with Crippen LogP contribution in [0.25, 0.3) is 0 Å². The highest BCUT2D eigenvalue weighted by Crippen LogP contribution is 2.37. The molecule has 1 heterocycles. The topological polar surface area (TPSA) is 53.4 Å². The summed E-state index contributed by atoms with van der Waals surface area (Å²) in [5, 5.41) is 8.91. The van der Waals surface area contributed by atoms with Gasteiger partial charge in [-0.15, -0.1) is 0 Å². The molecule has 3 rings (SSSR count). The van der Waals surface area contributed by atoms with Gasteiger partial charge in [-0.05, 0) is 54.8 Å². The second-order valence-corrected chi connectivity index (χ2v) is 7.97. The highest BCUT2D eigenvalue weighted by molar-refractivity contribution is 8.00. The molecule has 2 aromatic carbocycles. The molecule has 0 saturated carbocycles. The van der Waals surface area contributed by atoms with Gasteiger partial charge in [-0.3, -0.25) is 4.31 Å². The molecule has 0 bridgehead atoms. The summed E-state index contributed by atoms with van der Waals surface area (Å²) in [5.41, 5.74) is 1.19. The molecule has 3 aromatic rings. The van der Waals surface area contributed by atoms with E-state index < -0.39 is 17.7 Å². The molecule has 4 nitrogen and oxygen atoms in total. The maximum absolute atomic E-state index is 13.0. The van der Waals surface area contributed by atoms with Crippen LogP contribution in [0.5, 0.6) is 0 Å². The van der Waals surface area contributed by atoms with Crippen molar-refractivity contribution in [1.82, 2.24) is 4.98 Å². The third-order valence-corrected chi connectivity index (χ3v) is 5.43. The second-order valence-electron chi connectivity index (χ2n) is 6.47. The van der Waals surface area contributed by atoms with Crippen molar-refractivity contribution in [2.45, 2.75) is 24.5 Å². The van der Waals surface area contributed by atoms with Gasteiger partial charge in [0.1, 0.15) is 0 Å². The summed E-state index contributed by atoms with van der Waals surface area (Å²) in [5.74, 6) is -0.868. The third kappa shape index (κ3) is 5.46. The zero-order chi connectivity index (χ0) is 21.9. The Morgan fingerprint density at radius 3 is 2.30 bits per heavy atom. The lowest BCUT2D eigenvalue weighted by Crippen LogP contribution is -2.17. The van der Waals surface area contributed by atoms with Crippen LogP contribution in [-0.4, -0.2) is 16.1 Å². The average molecular weight is 453 g/mol. The summed E-state index contributed by atoms with van der Waals surface area (Å²) in [6.07, 6.45) is -3.80. The molecule has 0 unspecified atom stereocenters. The Balaban J connectivity index is 1.94. The number of benzene rings is 2. The molecule has 0 spiro atoms. The van der Waals surface area contributed by atoms with Gasteiger partial charge >= 0.3 is 12.1 Å². The first-order chi connectivity index (χ1) is 14.1. The molecular formula is C21H16ClF3N2O2S. The Morgan fingerprint density at radius 1 is 1.13 bits per heavy atom. The van der Waals surface area contributed by atoms with E-state index in [9.17, 15) is 18.0 Å². The first-order valence-corrected chi connectivity index (χ1v) is 9.86. The zero-order valence-electron chi connectivity index (χ0n) is 15.7. The standard InChI is InChI=1S/C21H16ClF3N2O2S/c1-13-2-4-14(5-3-13)12-27(30-17-8-6-15(7-9-17)20(28)29)19-18(22)10-16(11-26-19)21(23,24)25/h2-11H,12H2,1H3,(H,28,29). The maximum atomic E-state index is 13.0. The predicted molar refractivity (Wildman–Crippen MR) is 111 cm³/mol. The van der Waals surface area contributed by atoms with E-state index in [2.05, 4.69) is 4.98 Å². The van der Waals surface area contributed by atoms with E-state index in [0.29, 0.717) is 11.4 Å². The lowest BCUT2D eigenvalue weighted by Gasteiger charge is -2.24. The van der Waals surface area contributed by atoms with Crippen molar-refractivity contribution in [1.29, 1.82) is 0 Å². The van der Waals surface area contributed by atoms with Crippen LogP contribution in [0.3, 0.4) is 0 Å². The molecule has 156 valence electrons. The zero-order valence-corrected chi connectivity index (χ0v) is 17.2. The van der Waals surface area contributed by atoms with Gasteiger partial charge in [0, 0.05) is 11.1 Å². The average Bonchev–Trinajstić information content (AvgIpc) is 2.69. The lowest BCUT2D eigenvalue weighted by atomic mass is 10.1. The van der Waals surface area contributed by atoms with Crippen molar-refractivity contribution < 1.29 is 23.1 Å². The van der Waals surface area contributed by atoms with Gasteiger partial charge in [0.2, 0.25) is 0 Å². The Morgan fingerprint density at radius 2 is 1.77 bits per heavy atom. The molecule has 0 fully saturated rings. The predicted octanol–water partition coefficient (Wildman–Crippen LogP) is 6.47. The number of nitrogens with zero attached hydrogens (tertiary/aromatic N) is 2. The van der Waals surface area contributed by atoms with Crippen molar-refractivity contribution in [2.24, 2.45) is 0 Å². The molecule has 0 amide bonds. The van der Waals surface area contributed by atoms with Crippen LogP contribution < -0.4 is 4.31 Å². The number of hydrogen-bond acceptors (Lipinski definition) is 4. The number of anilines is 1. The fourth-order valence-corrected chi connectivity index (χ4v) is 3.84. The van der Waals surface area contributed by atoms with E-state index in [0.717, 1.165) is 23.4 Å². The number of halogens is 4. The monoisotopic (exact) mass is 452 g/mol. The molecule has 0 aliphatic rings. The van der Waals surface area contributed by atoms with E-state index >= 15 is 0 Å². The molecule has 1 N–H and O–H groups in total. The Kier molecular flexibility index (Phi) is 6.58. The molecule has 0 aliphatic carbocycles. The molecule has 9 heteroatoms. The molecule has 0 radical (unpaired) electrons. The van der Waals surface area contributed by atoms with E-state index in [-0.39, 0.29) is 16.4 Å². The highest BCUT2D eigenvalue weighted by Gasteiger charge is 2.32. The third-order valence-electron chi connectivity index (χ3n) is 4.15. The Bertz CT molecular complexity index is 1040. The summed E-state index contributed by atoms with van der Waals surface area (Å²) < 4.78 is 40.6. The van der Waals surface area contributed by atoms with E-state index in [1.165, 1.54) is 24.1 Å². The number of carboxylic acids is 1. The van der Waals surface area contributed by atoms with Crippen LogP contribution >= 0.6 is 23.5 Å². The lowest BCUT2D eigenvalue weighted by molar-refractivity contribution is -0.137. The van der Waals surface area contributed by atoms with E-state index in [1.807, 2.05) is 31.2 Å². The largest absolute Gasteiger partial charge is 0.478 e. The quantitative estimate of drug-likeness (QED) is 0.434. The minimum Gasteiger partial charge on any atom is -0.478 e. The number of aromatic nitrogens is 1. The minimum atomic E-state index is -4.54. The van der Waals surface area contributed by atoms with Gasteiger partial charge in [-0.25, -0.2) is 9.78 Å². The fraction of sp³-hybridized carbons (Fsp3) is 0.143. The SMILES string of the molecule is Cc1ccc(CN(Sc2ccc(C(=O)O)cc2)c2ncc(C(F)(F)F)cc2Cl)cc1. The van der Waals surface area contributed by atoms with Crippen LogP contribution in [0.2, 0.25) is 5.02 Å². The fourth-order valence-electron chi connectivity index (χ4n) is 2.56. The number of hydrogen-bond donors (Lipinski definition) is 1. The molecule has 1 aromatic heterocycles. The van der Waals surface area contributed by atoms with Gasteiger partial charge in [0.05, 0.1) is 22.7 Å². The molecule has 0 saturated heterocycles. The van der Waals surface area contributed by atoms with Crippen LogP contribution in [-0.2, 0) is 12.7 Å². The molecule has 0 atom stereocenters. The Labute approximate surface area is 180 Å². The van der Waals surface area contributed by atoms with Crippen molar-refractivity contribution in [3.05, 3.63) is 88.1 Å². The molecule has 0 aliphatic heterocycles.